The summed E-state index contributed by atoms with van der Waals surface area (Å²) in [4.78, 5) is 18.7. The van der Waals surface area contributed by atoms with Crippen LogP contribution < -0.4 is 0 Å². The molecule has 0 saturated heterocycles. The molecule has 0 spiro atoms. The third-order valence-electron chi connectivity index (χ3n) is 4.22. The number of hydrogen-bond donors (Lipinski definition) is 0. The lowest BCUT2D eigenvalue weighted by atomic mass is 10.1. The zero-order valence-electron chi connectivity index (χ0n) is 13.7. The lowest BCUT2D eigenvalue weighted by Gasteiger charge is -2.25. The Kier molecular flexibility index (Phi) is 4.90. The van der Waals surface area contributed by atoms with Crippen molar-refractivity contribution in [3.05, 3.63) is 64.9 Å². The van der Waals surface area contributed by atoms with Gasteiger partial charge in [0, 0.05) is 19.9 Å². The van der Waals surface area contributed by atoms with Crippen LogP contribution in [-0.2, 0) is 11.2 Å². The van der Waals surface area contributed by atoms with Gasteiger partial charge in [0.2, 0.25) is 5.91 Å². The molecule has 0 aliphatic carbocycles. The Labute approximate surface area is 144 Å². The third kappa shape index (κ3) is 3.62. The fourth-order valence-corrected chi connectivity index (χ4v) is 3.56. The molecular formula is C19H19FN2OS. The Bertz CT molecular complexity index is 811. The van der Waals surface area contributed by atoms with Gasteiger partial charge in [-0.05, 0) is 36.8 Å². The topological polar surface area (TPSA) is 33.2 Å². The average molecular weight is 342 g/mol. The minimum atomic E-state index is -0.268. The highest BCUT2D eigenvalue weighted by molar-refractivity contribution is 7.18. The van der Waals surface area contributed by atoms with Gasteiger partial charge in [-0.25, -0.2) is 9.37 Å². The number of halogens is 1. The van der Waals surface area contributed by atoms with E-state index in [0.29, 0.717) is 12.8 Å². The number of rotatable bonds is 5. The van der Waals surface area contributed by atoms with Gasteiger partial charge >= 0.3 is 0 Å². The van der Waals surface area contributed by atoms with Crippen LogP contribution in [0.15, 0.2) is 48.5 Å². The number of aromatic nitrogens is 1. The van der Waals surface area contributed by atoms with Crippen LogP contribution in [0.5, 0.6) is 0 Å². The lowest BCUT2D eigenvalue weighted by molar-refractivity contribution is -0.131. The van der Waals surface area contributed by atoms with Crippen LogP contribution in [0, 0.1) is 5.82 Å². The third-order valence-corrected chi connectivity index (χ3v) is 5.31. The predicted octanol–water partition coefficient (Wildman–Crippen LogP) is 4.59. The zero-order valence-corrected chi connectivity index (χ0v) is 14.5. The molecule has 0 aliphatic heterocycles. The van der Waals surface area contributed by atoms with Crippen LogP contribution in [0.1, 0.15) is 30.0 Å². The molecule has 1 unspecified atom stereocenters. The molecule has 124 valence electrons. The van der Waals surface area contributed by atoms with Crippen molar-refractivity contribution in [2.24, 2.45) is 0 Å². The summed E-state index contributed by atoms with van der Waals surface area (Å²) in [5, 5.41) is 0.979. The van der Waals surface area contributed by atoms with E-state index in [9.17, 15) is 9.18 Å². The normalized spacial score (nSPS) is 12.3. The summed E-state index contributed by atoms with van der Waals surface area (Å²) in [6.45, 7) is 1.95. The molecule has 0 saturated carbocycles. The van der Waals surface area contributed by atoms with Gasteiger partial charge in [0.25, 0.3) is 0 Å². The van der Waals surface area contributed by atoms with Crippen molar-refractivity contribution >= 4 is 27.5 Å². The van der Waals surface area contributed by atoms with Crippen LogP contribution >= 0.6 is 11.3 Å². The maximum Gasteiger partial charge on any atom is 0.223 e. The minimum Gasteiger partial charge on any atom is -0.339 e. The molecule has 0 fully saturated rings. The summed E-state index contributed by atoms with van der Waals surface area (Å²) in [5.74, 6) is -0.207. The lowest BCUT2D eigenvalue weighted by Crippen LogP contribution is -2.29. The van der Waals surface area contributed by atoms with E-state index in [1.807, 2.05) is 31.2 Å². The van der Waals surface area contributed by atoms with Gasteiger partial charge in [0.1, 0.15) is 5.82 Å². The standard InChI is InChI=1S/C19H19FN2OS/c1-13(14-7-9-15(20)10-8-14)22(2)19(23)12-11-18-21-16-5-3-4-6-17(16)24-18/h3-10,13H,11-12H2,1-2H3. The van der Waals surface area contributed by atoms with Gasteiger partial charge in [0.05, 0.1) is 21.3 Å². The summed E-state index contributed by atoms with van der Waals surface area (Å²) in [5.41, 5.74) is 1.91. The maximum atomic E-state index is 13.0. The molecule has 0 aliphatic rings. The highest BCUT2D eigenvalue weighted by Crippen LogP contribution is 2.24. The Morgan fingerprint density at radius 1 is 1.21 bits per heavy atom. The van der Waals surface area contributed by atoms with Crippen molar-refractivity contribution in [3.63, 3.8) is 0 Å². The Morgan fingerprint density at radius 2 is 1.92 bits per heavy atom. The quantitative estimate of drug-likeness (QED) is 0.679. The number of aryl methyl sites for hydroxylation is 1. The molecule has 0 N–H and O–H groups in total. The van der Waals surface area contributed by atoms with Gasteiger partial charge in [-0.2, -0.15) is 0 Å². The van der Waals surface area contributed by atoms with Gasteiger partial charge in [0.15, 0.2) is 0 Å². The van der Waals surface area contributed by atoms with Crippen LogP contribution in [0.25, 0.3) is 10.2 Å². The fraction of sp³-hybridized carbons (Fsp3) is 0.263. The second-order valence-corrected chi connectivity index (χ2v) is 6.92. The summed E-state index contributed by atoms with van der Waals surface area (Å²) >= 11 is 1.63. The number of fused-ring (bicyclic) bond motifs is 1. The first-order valence-electron chi connectivity index (χ1n) is 7.90. The van der Waals surface area contributed by atoms with E-state index in [4.69, 9.17) is 0 Å². The number of hydrogen-bond acceptors (Lipinski definition) is 3. The second-order valence-electron chi connectivity index (χ2n) is 5.81. The maximum absolute atomic E-state index is 13.0. The van der Waals surface area contributed by atoms with E-state index in [0.717, 1.165) is 20.8 Å². The first-order valence-corrected chi connectivity index (χ1v) is 8.72. The number of carbonyl (C=O) groups is 1. The van der Waals surface area contributed by atoms with Gasteiger partial charge in [-0.1, -0.05) is 24.3 Å². The molecule has 3 rings (SSSR count). The van der Waals surface area contributed by atoms with E-state index >= 15 is 0 Å². The molecule has 1 heterocycles. The largest absolute Gasteiger partial charge is 0.339 e. The Hall–Kier alpha value is -2.27. The molecular weight excluding hydrogens is 323 g/mol. The van der Waals surface area contributed by atoms with E-state index in [1.54, 1.807) is 35.4 Å². The summed E-state index contributed by atoms with van der Waals surface area (Å²) < 4.78 is 14.2. The van der Waals surface area contributed by atoms with Crippen LogP contribution in [0.4, 0.5) is 4.39 Å². The molecule has 3 aromatic rings. The van der Waals surface area contributed by atoms with Crippen molar-refractivity contribution < 1.29 is 9.18 Å². The molecule has 1 amide bonds. The van der Waals surface area contributed by atoms with Crippen molar-refractivity contribution in [1.82, 2.24) is 9.88 Å². The van der Waals surface area contributed by atoms with E-state index < -0.39 is 0 Å². The van der Waals surface area contributed by atoms with E-state index in [-0.39, 0.29) is 17.8 Å². The second kappa shape index (κ2) is 7.09. The van der Waals surface area contributed by atoms with Gasteiger partial charge in [-0.15, -0.1) is 11.3 Å². The predicted molar refractivity (Wildman–Crippen MR) is 95.5 cm³/mol. The fourth-order valence-electron chi connectivity index (χ4n) is 2.60. The van der Waals surface area contributed by atoms with Gasteiger partial charge < -0.3 is 4.90 Å². The van der Waals surface area contributed by atoms with Gasteiger partial charge in [-0.3, -0.25) is 4.79 Å². The average Bonchev–Trinajstić information content (AvgIpc) is 3.02. The number of nitrogens with zero attached hydrogens (tertiary/aromatic N) is 2. The molecule has 1 aromatic heterocycles. The highest BCUT2D eigenvalue weighted by atomic mass is 32.1. The first-order chi connectivity index (χ1) is 11.5. The van der Waals surface area contributed by atoms with Crippen molar-refractivity contribution in [2.45, 2.75) is 25.8 Å². The van der Waals surface area contributed by atoms with Crippen molar-refractivity contribution in [2.75, 3.05) is 7.05 Å². The number of amides is 1. The molecule has 5 heteroatoms. The SMILES string of the molecule is CC(c1ccc(F)cc1)N(C)C(=O)CCc1nc2ccccc2s1. The smallest absolute Gasteiger partial charge is 0.223 e. The molecule has 3 nitrogen and oxygen atoms in total. The molecule has 0 radical (unpaired) electrons. The number of benzene rings is 2. The molecule has 2 aromatic carbocycles. The summed E-state index contributed by atoms with van der Waals surface area (Å²) in [7, 11) is 1.79. The highest BCUT2D eigenvalue weighted by Gasteiger charge is 2.18. The Morgan fingerprint density at radius 3 is 2.62 bits per heavy atom. The van der Waals surface area contributed by atoms with Crippen molar-refractivity contribution in [1.29, 1.82) is 0 Å². The van der Waals surface area contributed by atoms with Crippen LogP contribution in [0.3, 0.4) is 0 Å². The van der Waals surface area contributed by atoms with Crippen molar-refractivity contribution in [3.8, 4) is 0 Å². The summed E-state index contributed by atoms with van der Waals surface area (Å²) in [6, 6.07) is 14.2. The van der Waals surface area contributed by atoms with Crippen LogP contribution in [-0.4, -0.2) is 22.8 Å². The molecule has 1 atom stereocenters. The molecule has 0 bridgehead atoms. The van der Waals surface area contributed by atoms with E-state index in [1.165, 1.54) is 12.1 Å². The number of para-hydroxylation sites is 1. The van der Waals surface area contributed by atoms with E-state index in [2.05, 4.69) is 4.98 Å². The molecule has 24 heavy (non-hydrogen) atoms. The number of carbonyl (C=O) groups excluding carboxylic acids is 1. The summed E-state index contributed by atoms with van der Waals surface area (Å²) in [6.07, 6.45) is 1.06. The zero-order chi connectivity index (χ0) is 17.1. The van der Waals surface area contributed by atoms with Crippen LogP contribution in [0.2, 0.25) is 0 Å². The Balaban J connectivity index is 1.62. The monoisotopic (exact) mass is 342 g/mol. The first kappa shape index (κ1) is 16.6. The number of thiazole rings is 1. The minimum absolute atomic E-state index is 0.0612.